The molecule has 0 bridgehead atoms. The second kappa shape index (κ2) is 3.96. The van der Waals surface area contributed by atoms with Crippen molar-refractivity contribution >= 4 is 0 Å². The zero-order valence-electron chi connectivity index (χ0n) is 10.1. The molecule has 3 heterocycles. The molecular weight excluding hydrogens is 216 g/mol. The van der Waals surface area contributed by atoms with Crippen molar-refractivity contribution in [1.82, 2.24) is 29.7 Å². The van der Waals surface area contributed by atoms with Gasteiger partial charge in [-0.25, -0.2) is 0 Å². The molecular formula is C11H16N6. The maximum absolute atomic E-state index is 4.23. The van der Waals surface area contributed by atoms with Gasteiger partial charge in [0.2, 0.25) is 0 Å². The normalized spacial score (nSPS) is 20.5. The van der Waals surface area contributed by atoms with Crippen molar-refractivity contribution in [3.63, 3.8) is 0 Å². The molecule has 2 aromatic rings. The van der Waals surface area contributed by atoms with Crippen LogP contribution in [-0.4, -0.2) is 36.2 Å². The first kappa shape index (κ1) is 10.5. The molecule has 1 unspecified atom stereocenters. The lowest BCUT2D eigenvalue weighted by Crippen LogP contribution is -2.36. The van der Waals surface area contributed by atoms with E-state index >= 15 is 0 Å². The summed E-state index contributed by atoms with van der Waals surface area (Å²) in [6, 6.07) is 4.69. The first-order chi connectivity index (χ1) is 8.24. The standard InChI is InChI=1S/C11H16N6/c1-9-10-4-3-5-16(10)6-7-17(9)8-11-12-14-15(2)13-11/h3-5,9H,6-8H2,1-2H3. The molecule has 0 spiro atoms. The van der Waals surface area contributed by atoms with E-state index in [2.05, 4.69) is 50.1 Å². The third-order valence-corrected chi connectivity index (χ3v) is 3.36. The van der Waals surface area contributed by atoms with Gasteiger partial charge in [0.25, 0.3) is 0 Å². The Balaban J connectivity index is 1.78. The Hall–Kier alpha value is -1.69. The number of tetrazole rings is 1. The van der Waals surface area contributed by atoms with Crippen molar-refractivity contribution in [3.8, 4) is 0 Å². The predicted octanol–water partition coefficient (Wildman–Crippen LogP) is 0.588. The monoisotopic (exact) mass is 232 g/mol. The number of nitrogens with zero attached hydrogens (tertiary/aromatic N) is 6. The van der Waals surface area contributed by atoms with Gasteiger partial charge < -0.3 is 4.57 Å². The van der Waals surface area contributed by atoms with Gasteiger partial charge >= 0.3 is 0 Å². The lowest BCUT2D eigenvalue weighted by Gasteiger charge is -2.33. The van der Waals surface area contributed by atoms with Crippen molar-refractivity contribution in [2.75, 3.05) is 6.54 Å². The van der Waals surface area contributed by atoms with Crippen LogP contribution in [0.5, 0.6) is 0 Å². The predicted molar refractivity (Wildman–Crippen MR) is 62.1 cm³/mol. The van der Waals surface area contributed by atoms with E-state index in [0.717, 1.165) is 25.5 Å². The van der Waals surface area contributed by atoms with E-state index < -0.39 is 0 Å². The van der Waals surface area contributed by atoms with Gasteiger partial charge in [-0.2, -0.15) is 4.80 Å². The van der Waals surface area contributed by atoms with Gasteiger partial charge in [-0.3, -0.25) is 4.90 Å². The van der Waals surface area contributed by atoms with E-state index in [4.69, 9.17) is 0 Å². The molecule has 6 heteroatoms. The van der Waals surface area contributed by atoms with Crippen LogP contribution in [0.4, 0.5) is 0 Å². The molecule has 0 radical (unpaired) electrons. The Morgan fingerprint density at radius 1 is 1.41 bits per heavy atom. The molecule has 17 heavy (non-hydrogen) atoms. The first-order valence-corrected chi connectivity index (χ1v) is 5.86. The van der Waals surface area contributed by atoms with Gasteiger partial charge in [-0.1, -0.05) is 0 Å². The Bertz CT molecular complexity index is 514. The minimum absolute atomic E-state index is 0.405. The summed E-state index contributed by atoms with van der Waals surface area (Å²) in [6.07, 6.45) is 2.14. The smallest absolute Gasteiger partial charge is 0.188 e. The maximum atomic E-state index is 4.23. The fraction of sp³-hybridized carbons (Fsp3) is 0.545. The lowest BCUT2D eigenvalue weighted by molar-refractivity contribution is 0.156. The number of fused-ring (bicyclic) bond motifs is 1. The summed E-state index contributed by atoms with van der Waals surface area (Å²) in [5.41, 5.74) is 1.36. The van der Waals surface area contributed by atoms with Gasteiger partial charge in [0.1, 0.15) is 0 Å². The molecule has 1 aliphatic heterocycles. The van der Waals surface area contributed by atoms with Gasteiger partial charge in [-0.15, -0.1) is 10.2 Å². The van der Waals surface area contributed by atoms with Gasteiger partial charge in [-0.05, 0) is 24.3 Å². The van der Waals surface area contributed by atoms with Crippen LogP contribution < -0.4 is 0 Å². The average Bonchev–Trinajstić information content (AvgIpc) is 2.92. The van der Waals surface area contributed by atoms with Gasteiger partial charge in [0, 0.05) is 31.0 Å². The summed E-state index contributed by atoms with van der Waals surface area (Å²) < 4.78 is 2.31. The summed E-state index contributed by atoms with van der Waals surface area (Å²) in [4.78, 5) is 3.89. The molecule has 0 N–H and O–H groups in total. The van der Waals surface area contributed by atoms with E-state index in [9.17, 15) is 0 Å². The van der Waals surface area contributed by atoms with E-state index in [-0.39, 0.29) is 0 Å². The average molecular weight is 232 g/mol. The van der Waals surface area contributed by atoms with Crippen LogP contribution in [0.1, 0.15) is 24.5 Å². The zero-order valence-corrected chi connectivity index (χ0v) is 10.1. The third kappa shape index (κ3) is 1.84. The molecule has 0 saturated carbocycles. The van der Waals surface area contributed by atoms with E-state index in [1.165, 1.54) is 10.5 Å². The van der Waals surface area contributed by atoms with Crippen molar-refractivity contribution in [1.29, 1.82) is 0 Å². The highest BCUT2D eigenvalue weighted by Gasteiger charge is 2.24. The molecule has 0 amide bonds. The Kier molecular flexibility index (Phi) is 2.44. The fourth-order valence-electron chi connectivity index (χ4n) is 2.41. The van der Waals surface area contributed by atoms with Crippen LogP contribution in [0.3, 0.4) is 0 Å². The van der Waals surface area contributed by atoms with Gasteiger partial charge in [0.05, 0.1) is 13.6 Å². The van der Waals surface area contributed by atoms with Crippen molar-refractivity contribution in [2.45, 2.75) is 26.1 Å². The minimum atomic E-state index is 0.405. The Morgan fingerprint density at radius 3 is 3.06 bits per heavy atom. The molecule has 1 atom stereocenters. The van der Waals surface area contributed by atoms with Crippen LogP contribution in [0, 0.1) is 0 Å². The largest absolute Gasteiger partial charge is 0.349 e. The summed E-state index contributed by atoms with van der Waals surface area (Å²) in [5, 5.41) is 12.1. The van der Waals surface area contributed by atoms with Crippen LogP contribution in [0.15, 0.2) is 18.3 Å². The second-order valence-electron chi connectivity index (χ2n) is 4.47. The molecule has 0 saturated heterocycles. The second-order valence-corrected chi connectivity index (χ2v) is 4.47. The summed E-state index contributed by atoms with van der Waals surface area (Å²) in [7, 11) is 1.79. The van der Waals surface area contributed by atoms with Crippen LogP contribution in [0.2, 0.25) is 0 Å². The zero-order chi connectivity index (χ0) is 11.8. The highest BCUT2D eigenvalue weighted by atomic mass is 15.6. The molecule has 90 valence electrons. The molecule has 3 rings (SSSR count). The topological polar surface area (TPSA) is 51.8 Å². The number of aryl methyl sites for hydroxylation is 1. The maximum Gasteiger partial charge on any atom is 0.188 e. The minimum Gasteiger partial charge on any atom is -0.349 e. The highest BCUT2D eigenvalue weighted by Crippen LogP contribution is 2.25. The van der Waals surface area contributed by atoms with E-state index in [1.54, 1.807) is 7.05 Å². The van der Waals surface area contributed by atoms with Crippen LogP contribution in [0.25, 0.3) is 0 Å². The quantitative estimate of drug-likeness (QED) is 0.760. The molecule has 0 fully saturated rings. The van der Waals surface area contributed by atoms with Crippen LogP contribution >= 0.6 is 0 Å². The molecule has 0 aliphatic carbocycles. The molecule has 2 aromatic heterocycles. The third-order valence-electron chi connectivity index (χ3n) is 3.36. The van der Waals surface area contributed by atoms with E-state index in [1.807, 2.05) is 0 Å². The number of rotatable bonds is 2. The molecule has 0 aromatic carbocycles. The SMILES string of the molecule is CC1c2cccn2CCN1Cc1nnn(C)n1. The fourth-order valence-corrected chi connectivity index (χ4v) is 2.41. The summed E-state index contributed by atoms with van der Waals surface area (Å²) >= 11 is 0. The summed E-state index contributed by atoms with van der Waals surface area (Å²) in [5.74, 6) is 0.791. The number of aromatic nitrogens is 5. The Morgan fingerprint density at radius 2 is 2.29 bits per heavy atom. The van der Waals surface area contributed by atoms with E-state index in [0.29, 0.717) is 6.04 Å². The van der Waals surface area contributed by atoms with Crippen molar-refractivity contribution in [2.24, 2.45) is 7.05 Å². The molecule has 1 aliphatic rings. The Labute approximate surface area is 99.8 Å². The van der Waals surface area contributed by atoms with Crippen LogP contribution in [-0.2, 0) is 20.1 Å². The lowest BCUT2D eigenvalue weighted by atomic mass is 10.1. The summed E-state index contributed by atoms with van der Waals surface area (Å²) in [6.45, 7) is 5.05. The van der Waals surface area contributed by atoms with Crippen molar-refractivity contribution in [3.05, 3.63) is 29.8 Å². The number of hydrogen-bond donors (Lipinski definition) is 0. The first-order valence-electron chi connectivity index (χ1n) is 5.86. The van der Waals surface area contributed by atoms with Gasteiger partial charge in [0.15, 0.2) is 5.82 Å². The molecule has 6 nitrogen and oxygen atoms in total. The highest BCUT2D eigenvalue weighted by molar-refractivity contribution is 5.13. The number of hydrogen-bond acceptors (Lipinski definition) is 4. The van der Waals surface area contributed by atoms with Crippen molar-refractivity contribution < 1.29 is 0 Å².